The van der Waals surface area contributed by atoms with Crippen LogP contribution in [0.4, 0.5) is 0 Å². The van der Waals surface area contributed by atoms with Gasteiger partial charge in [0.1, 0.15) is 0 Å². The molecular formula is C7H17NO. The summed E-state index contributed by atoms with van der Waals surface area (Å²) in [4.78, 5) is 0. The first-order valence-electron chi connectivity index (χ1n) is 3.60. The molecule has 0 saturated heterocycles. The van der Waals surface area contributed by atoms with Crippen LogP contribution < -0.4 is 5.73 Å². The Hall–Kier alpha value is -0.0800. The largest absolute Gasteiger partial charge is 0.393 e. The Balaban J connectivity index is 3.06. The Morgan fingerprint density at radius 1 is 1.44 bits per heavy atom. The molecule has 0 aliphatic carbocycles. The minimum atomic E-state index is -0.143. The topological polar surface area (TPSA) is 46.2 Å². The van der Waals surface area contributed by atoms with Crippen molar-refractivity contribution < 1.29 is 5.11 Å². The first-order chi connectivity index (χ1) is 4.16. The smallest absolute Gasteiger partial charge is 0.0538 e. The van der Waals surface area contributed by atoms with E-state index in [4.69, 9.17) is 10.8 Å². The molecule has 56 valence electrons. The molecule has 2 heteroatoms. The van der Waals surface area contributed by atoms with Crippen molar-refractivity contribution in [3.63, 3.8) is 0 Å². The van der Waals surface area contributed by atoms with Gasteiger partial charge in [0.15, 0.2) is 0 Å². The average Bonchev–Trinajstić information content (AvgIpc) is 1.83. The van der Waals surface area contributed by atoms with E-state index in [1.54, 1.807) is 0 Å². The van der Waals surface area contributed by atoms with Crippen molar-refractivity contribution in [2.24, 2.45) is 5.73 Å². The number of nitrogens with two attached hydrogens (primary N) is 1. The van der Waals surface area contributed by atoms with Crippen molar-refractivity contribution in [3.8, 4) is 0 Å². The van der Waals surface area contributed by atoms with Crippen molar-refractivity contribution in [2.45, 2.75) is 45.3 Å². The summed E-state index contributed by atoms with van der Waals surface area (Å²) in [5.41, 5.74) is 5.48. The van der Waals surface area contributed by atoms with Gasteiger partial charge in [-0.15, -0.1) is 0 Å². The molecule has 0 saturated carbocycles. The molecule has 0 rings (SSSR count). The summed E-state index contributed by atoms with van der Waals surface area (Å²) in [5, 5.41) is 9.05. The molecular weight excluding hydrogens is 114 g/mol. The fourth-order valence-electron chi connectivity index (χ4n) is 0.659. The monoisotopic (exact) mass is 131 g/mol. The van der Waals surface area contributed by atoms with Crippen LogP contribution in [0.5, 0.6) is 0 Å². The Kier molecular flexibility index (Phi) is 4.72. The quantitative estimate of drug-likeness (QED) is 0.595. The van der Waals surface area contributed by atoms with Gasteiger partial charge >= 0.3 is 0 Å². The fourth-order valence-corrected chi connectivity index (χ4v) is 0.659. The predicted octanol–water partition coefficient (Wildman–Crippen LogP) is 0.885. The molecule has 2 nitrogen and oxygen atoms in total. The van der Waals surface area contributed by atoms with Gasteiger partial charge in [0.25, 0.3) is 0 Å². The van der Waals surface area contributed by atoms with Crippen molar-refractivity contribution in [1.29, 1.82) is 0 Å². The number of rotatable bonds is 4. The van der Waals surface area contributed by atoms with Crippen molar-refractivity contribution in [2.75, 3.05) is 0 Å². The number of aliphatic hydroxyl groups is 1. The van der Waals surface area contributed by atoms with Crippen molar-refractivity contribution >= 4 is 0 Å². The lowest BCUT2D eigenvalue weighted by atomic mass is 10.1. The molecule has 0 spiro atoms. The van der Waals surface area contributed by atoms with E-state index in [1.165, 1.54) is 0 Å². The fraction of sp³-hybridized carbons (Fsp3) is 1.00. The van der Waals surface area contributed by atoms with Crippen molar-refractivity contribution in [1.82, 2.24) is 0 Å². The van der Waals surface area contributed by atoms with Crippen LogP contribution in [0.15, 0.2) is 0 Å². The van der Waals surface area contributed by atoms with E-state index in [2.05, 4.69) is 0 Å². The lowest BCUT2D eigenvalue weighted by Gasteiger charge is -2.08. The van der Waals surface area contributed by atoms with Gasteiger partial charge in [0.2, 0.25) is 0 Å². The maximum atomic E-state index is 9.05. The zero-order chi connectivity index (χ0) is 7.28. The van der Waals surface area contributed by atoms with Crippen LogP contribution in [0.3, 0.4) is 0 Å². The Bertz CT molecular complexity index is 63.9. The highest BCUT2D eigenvalue weighted by Crippen LogP contribution is 2.01. The van der Waals surface area contributed by atoms with E-state index in [0.29, 0.717) is 0 Å². The molecule has 0 aromatic carbocycles. The van der Waals surface area contributed by atoms with Crippen LogP contribution in [0.1, 0.15) is 33.1 Å². The lowest BCUT2D eigenvalue weighted by Crippen LogP contribution is -2.17. The van der Waals surface area contributed by atoms with E-state index in [-0.39, 0.29) is 12.1 Å². The van der Waals surface area contributed by atoms with Crippen LogP contribution in [-0.4, -0.2) is 17.3 Å². The van der Waals surface area contributed by atoms with Crippen molar-refractivity contribution in [3.05, 3.63) is 0 Å². The molecule has 0 radical (unpaired) electrons. The van der Waals surface area contributed by atoms with Gasteiger partial charge in [-0.2, -0.15) is 0 Å². The second-order valence-corrected chi connectivity index (χ2v) is 2.62. The molecule has 9 heavy (non-hydrogen) atoms. The Morgan fingerprint density at radius 2 is 2.00 bits per heavy atom. The third kappa shape index (κ3) is 5.80. The van der Waals surface area contributed by atoms with Gasteiger partial charge in [0.05, 0.1) is 6.10 Å². The van der Waals surface area contributed by atoms with Crippen LogP contribution in [0.2, 0.25) is 0 Å². The molecule has 0 heterocycles. The molecule has 0 amide bonds. The molecule has 0 fully saturated rings. The average molecular weight is 131 g/mol. The summed E-state index contributed by atoms with van der Waals surface area (Å²) in [7, 11) is 0. The third-order valence-electron chi connectivity index (χ3n) is 1.43. The second-order valence-electron chi connectivity index (χ2n) is 2.62. The zero-order valence-corrected chi connectivity index (χ0v) is 6.30. The molecule has 0 aromatic rings. The summed E-state index contributed by atoms with van der Waals surface area (Å²) in [5.74, 6) is 0. The van der Waals surface area contributed by atoms with E-state index in [9.17, 15) is 0 Å². The molecule has 0 aromatic heterocycles. The first-order valence-corrected chi connectivity index (χ1v) is 3.60. The molecule has 0 aliphatic heterocycles. The number of hydrogen-bond acceptors (Lipinski definition) is 2. The predicted molar refractivity (Wildman–Crippen MR) is 39.2 cm³/mol. The molecule has 2 atom stereocenters. The zero-order valence-electron chi connectivity index (χ0n) is 6.30. The lowest BCUT2D eigenvalue weighted by molar-refractivity contribution is 0.155. The van der Waals surface area contributed by atoms with Crippen LogP contribution >= 0.6 is 0 Å². The minimum Gasteiger partial charge on any atom is -0.393 e. The van der Waals surface area contributed by atoms with E-state index >= 15 is 0 Å². The summed E-state index contributed by atoms with van der Waals surface area (Å²) < 4.78 is 0. The van der Waals surface area contributed by atoms with Gasteiger partial charge in [-0.05, 0) is 26.2 Å². The van der Waals surface area contributed by atoms with E-state index in [1.807, 2.05) is 13.8 Å². The van der Waals surface area contributed by atoms with Gasteiger partial charge in [-0.1, -0.05) is 6.92 Å². The molecule has 3 N–H and O–H groups in total. The minimum absolute atomic E-state index is 0.143. The summed E-state index contributed by atoms with van der Waals surface area (Å²) in [6.07, 6.45) is 2.46. The van der Waals surface area contributed by atoms with E-state index in [0.717, 1.165) is 19.3 Å². The first kappa shape index (κ1) is 8.92. The molecule has 0 bridgehead atoms. The summed E-state index contributed by atoms with van der Waals surface area (Å²) in [6, 6.07) is 0.228. The highest BCUT2D eigenvalue weighted by Gasteiger charge is 2.01. The number of hydrogen-bond donors (Lipinski definition) is 2. The maximum Gasteiger partial charge on any atom is 0.0538 e. The van der Waals surface area contributed by atoms with Gasteiger partial charge in [-0.3, -0.25) is 0 Å². The maximum absolute atomic E-state index is 9.05. The third-order valence-corrected chi connectivity index (χ3v) is 1.43. The highest BCUT2D eigenvalue weighted by atomic mass is 16.3. The second kappa shape index (κ2) is 4.77. The van der Waals surface area contributed by atoms with Crippen LogP contribution in [-0.2, 0) is 0 Å². The van der Waals surface area contributed by atoms with Gasteiger partial charge in [-0.25, -0.2) is 0 Å². The number of aliphatic hydroxyl groups excluding tert-OH is 1. The van der Waals surface area contributed by atoms with Gasteiger partial charge in [0, 0.05) is 6.04 Å². The highest BCUT2D eigenvalue weighted by molar-refractivity contribution is 4.58. The normalized spacial score (nSPS) is 17.3. The van der Waals surface area contributed by atoms with Crippen LogP contribution in [0, 0.1) is 0 Å². The summed E-state index contributed by atoms with van der Waals surface area (Å²) >= 11 is 0. The standard InChI is InChI=1S/C7H17NO/c1-3-7(9)5-4-6(2)8/h6-7,9H,3-5,8H2,1-2H3/t6?,7-/m0/s1. The summed E-state index contributed by atoms with van der Waals surface area (Å²) in [6.45, 7) is 3.94. The Morgan fingerprint density at radius 3 is 2.33 bits per heavy atom. The SMILES string of the molecule is CC[C@H](O)CCC(C)N. The van der Waals surface area contributed by atoms with Gasteiger partial charge < -0.3 is 10.8 Å². The van der Waals surface area contributed by atoms with Crippen LogP contribution in [0.25, 0.3) is 0 Å². The molecule has 1 unspecified atom stereocenters. The van der Waals surface area contributed by atoms with E-state index < -0.39 is 0 Å². The molecule has 0 aliphatic rings. The Labute approximate surface area is 57.1 Å².